The van der Waals surface area contributed by atoms with Crippen LogP contribution in [-0.4, -0.2) is 26.6 Å². The van der Waals surface area contributed by atoms with Crippen LogP contribution in [0.2, 0.25) is 0 Å². The molecule has 4 aromatic rings. The van der Waals surface area contributed by atoms with Crippen LogP contribution in [0.3, 0.4) is 0 Å². The maximum absolute atomic E-state index is 12.4. The Morgan fingerprint density at radius 2 is 1.41 bits per heavy atom. The summed E-state index contributed by atoms with van der Waals surface area (Å²) in [5.74, 6) is -0.301. The predicted octanol–water partition coefficient (Wildman–Crippen LogP) is 3.19. The van der Waals surface area contributed by atoms with Crippen molar-refractivity contribution in [2.24, 2.45) is 5.10 Å². The molecular weight excluding hydrogens is 338 g/mol. The lowest BCUT2D eigenvalue weighted by Crippen LogP contribution is -2.20. The second-order valence-electron chi connectivity index (χ2n) is 6.09. The van der Waals surface area contributed by atoms with Gasteiger partial charge >= 0.3 is 0 Å². The highest BCUT2D eigenvalue weighted by molar-refractivity contribution is 6.23. The molecule has 1 aliphatic carbocycles. The minimum Gasteiger partial charge on any atom is -0.267 e. The summed E-state index contributed by atoms with van der Waals surface area (Å²) in [5, 5.41) is 4.38. The van der Waals surface area contributed by atoms with Crippen molar-refractivity contribution in [3.05, 3.63) is 89.9 Å². The summed E-state index contributed by atoms with van der Waals surface area (Å²) in [4.78, 5) is 25.8. The van der Waals surface area contributed by atoms with E-state index in [9.17, 15) is 4.79 Å². The van der Waals surface area contributed by atoms with Crippen LogP contribution in [0.4, 0.5) is 0 Å². The van der Waals surface area contributed by atoms with E-state index in [1.54, 1.807) is 24.5 Å². The molecule has 6 nitrogen and oxygen atoms in total. The van der Waals surface area contributed by atoms with Crippen molar-refractivity contribution in [1.82, 2.24) is 20.4 Å². The molecule has 0 atom stereocenters. The van der Waals surface area contributed by atoms with Gasteiger partial charge in [0.05, 0.1) is 16.7 Å². The Morgan fingerprint density at radius 1 is 0.778 bits per heavy atom. The largest absolute Gasteiger partial charge is 0.271 e. The Labute approximate surface area is 154 Å². The maximum atomic E-state index is 12.4. The van der Waals surface area contributed by atoms with Gasteiger partial charge in [0.1, 0.15) is 11.4 Å². The Hall–Kier alpha value is -3.93. The number of aromatic nitrogens is 3. The van der Waals surface area contributed by atoms with Crippen molar-refractivity contribution >= 4 is 22.7 Å². The van der Waals surface area contributed by atoms with E-state index in [-0.39, 0.29) is 5.91 Å². The highest BCUT2D eigenvalue weighted by Gasteiger charge is 2.28. The standard InChI is InChI=1S/C21H13N5O/c27-21(13-9-11-22-12-10-13)26-25-19-15-6-2-1-5-14(15)18-20(19)24-17-8-4-3-7-16(17)23-18/h1-12H,(H,26,27)/b25-19-. The average Bonchev–Trinajstić information content (AvgIpc) is 3.04. The molecule has 0 radical (unpaired) electrons. The molecule has 2 aromatic carbocycles. The number of nitrogens with one attached hydrogen (secondary N) is 1. The highest BCUT2D eigenvalue weighted by Crippen LogP contribution is 2.35. The van der Waals surface area contributed by atoms with Crippen LogP contribution in [-0.2, 0) is 0 Å². The summed E-state index contributed by atoms with van der Waals surface area (Å²) in [6.07, 6.45) is 3.14. The lowest BCUT2D eigenvalue weighted by atomic mass is 10.1. The molecule has 6 heteroatoms. The normalized spacial score (nSPS) is 13.4. The summed E-state index contributed by atoms with van der Waals surface area (Å²) in [6, 6.07) is 18.8. The van der Waals surface area contributed by atoms with Crippen LogP contribution in [0.1, 0.15) is 21.6 Å². The maximum Gasteiger partial charge on any atom is 0.271 e. The zero-order chi connectivity index (χ0) is 18.2. The van der Waals surface area contributed by atoms with E-state index < -0.39 is 0 Å². The van der Waals surface area contributed by atoms with E-state index in [2.05, 4.69) is 15.5 Å². The molecule has 1 amide bonds. The van der Waals surface area contributed by atoms with E-state index in [0.29, 0.717) is 17.0 Å². The van der Waals surface area contributed by atoms with Crippen LogP contribution < -0.4 is 5.43 Å². The van der Waals surface area contributed by atoms with Crippen molar-refractivity contribution in [3.63, 3.8) is 0 Å². The Kier molecular flexibility index (Phi) is 3.47. The number of hydrazone groups is 1. The molecular formula is C21H13N5O. The third kappa shape index (κ3) is 2.55. The monoisotopic (exact) mass is 351 g/mol. The van der Waals surface area contributed by atoms with E-state index in [0.717, 1.165) is 27.9 Å². The number of hydrogen-bond acceptors (Lipinski definition) is 5. The smallest absolute Gasteiger partial charge is 0.267 e. The van der Waals surface area contributed by atoms with Crippen molar-refractivity contribution < 1.29 is 4.79 Å². The fraction of sp³-hybridized carbons (Fsp3) is 0. The molecule has 0 spiro atoms. The Morgan fingerprint density at radius 3 is 2.15 bits per heavy atom. The van der Waals surface area contributed by atoms with Gasteiger partial charge in [-0.3, -0.25) is 9.78 Å². The number of pyridine rings is 1. The van der Waals surface area contributed by atoms with Crippen LogP contribution in [0.5, 0.6) is 0 Å². The van der Waals surface area contributed by atoms with Crippen LogP contribution in [0.15, 0.2) is 78.2 Å². The number of rotatable bonds is 2. The fourth-order valence-electron chi connectivity index (χ4n) is 3.16. The summed E-state index contributed by atoms with van der Waals surface area (Å²) in [6.45, 7) is 0. The van der Waals surface area contributed by atoms with Gasteiger partial charge in [-0.25, -0.2) is 15.4 Å². The topological polar surface area (TPSA) is 80.1 Å². The molecule has 1 N–H and O–H groups in total. The Balaban J connectivity index is 1.63. The first-order chi connectivity index (χ1) is 13.3. The van der Waals surface area contributed by atoms with Gasteiger partial charge in [-0.1, -0.05) is 36.4 Å². The third-order valence-corrected chi connectivity index (χ3v) is 4.44. The van der Waals surface area contributed by atoms with Gasteiger partial charge < -0.3 is 0 Å². The van der Waals surface area contributed by atoms with Crippen LogP contribution >= 0.6 is 0 Å². The van der Waals surface area contributed by atoms with E-state index in [1.807, 2.05) is 48.5 Å². The third-order valence-electron chi connectivity index (χ3n) is 4.44. The molecule has 0 unspecified atom stereocenters. The summed E-state index contributed by atoms with van der Waals surface area (Å²) in [7, 11) is 0. The minimum absolute atomic E-state index is 0.301. The number of fused-ring (bicyclic) bond motifs is 4. The van der Waals surface area contributed by atoms with Crippen LogP contribution in [0.25, 0.3) is 22.3 Å². The first kappa shape index (κ1) is 15.3. The van der Waals surface area contributed by atoms with Gasteiger partial charge in [0.2, 0.25) is 0 Å². The molecule has 0 saturated heterocycles. The molecule has 128 valence electrons. The molecule has 0 aliphatic heterocycles. The van der Waals surface area contributed by atoms with Gasteiger partial charge in [0.25, 0.3) is 5.91 Å². The van der Waals surface area contributed by atoms with Gasteiger partial charge in [0, 0.05) is 29.1 Å². The molecule has 1 aliphatic rings. The van der Waals surface area contributed by atoms with Crippen molar-refractivity contribution in [1.29, 1.82) is 0 Å². The van der Waals surface area contributed by atoms with Gasteiger partial charge in [-0.2, -0.15) is 5.10 Å². The second-order valence-corrected chi connectivity index (χ2v) is 6.09. The number of carbonyl (C=O) groups excluding carboxylic acids is 1. The van der Waals surface area contributed by atoms with Gasteiger partial charge in [-0.05, 0) is 24.3 Å². The highest BCUT2D eigenvalue weighted by atomic mass is 16.2. The SMILES string of the molecule is O=C(N/N=C1/c2ccccc2-c2nc3ccccc3nc21)c1ccncc1. The first-order valence-corrected chi connectivity index (χ1v) is 8.46. The quantitative estimate of drug-likeness (QED) is 0.495. The van der Waals surface area contributed by atoms with E-state index >= 15 is 0 Å². The number of nitrogens with zero attached hydrogens (tertiary/aromatic N) is 4. The number of benzene rings is 2. The zero-order valence-corrected chi connectivity index (χ0v) is 14.1. The minimum atomic E-state index is -0.301. The molecule has 2 aromatic heterocycles. The zero-order valence-electron chi connectivity index (χ0n) is 14.1. The molecule has 0 bridgehead atoms. The van der Waals surface area contributed by atoms with Gasteiger partial charge in [-0.15, -0.1) is 0 Å². The lowest BCUT2D eigenvalue weighted by molar-refractivity contribution is 0.0955. The second kappa shape index (κ2) is 6.10. The fourth-order valence-corrected chi connectivity index (χ4v) is 3.16. The molecule has 0 saturated carbocycles. The van der Waals surface area contributed by atoms with E-state index in [1.165, 1.54) is 0 Å². The molecule has 0 fully saturated rings. The molecule has 2 heterocycles. The average molecular weight is 351 g/mol. The summed E-state index contributed by atoms with van der Waals surface area (Å²) < 4.78 is 0. The lowest BCUT2D eigenvalue weighted by Gasteiger charge is -2.04. The first-order valence-electron chi connectivity index (χ1n) is 8.46. The van der Waals surface area contributed by atoms with Crippen molar-refractivity contribution in [2.75, 3.05) is 0 Å². The van der Waals surface area contributed by atoms with Crippen molar-refractivity contribution in [3.8, 4) is 11.3 Å². The number of amides is 1. The summed E-state index contributed by atoms with van der Waals surface area (Å²) in [5.41, 5.74) is 8.66. The number of para-hydroxylation sites is 2. The van der Waals surface area contributed by atoms with Gasteiger partial charge in [0.15, 0.2) is 0 Å². The molecule has 27 heavy (non-hydrogen) atoms. The summed E-state index contributed by atoms with van der Waals surface area (Å²) >= 11 is 0. The number of hydrogen-bond donors (Lipinski definition) is 1. The van der Waals surface area contributed by atoms with Crippen LogP contribution in [0, 0.1) is 0 Å². The molecule has 5 rings (SSSR count). The van der Waals surface area contributed by atoms with Crippen molar-refractivity contribution in [2.45, 2.75) is 0 Å². The Bertz CT molecular complexity index is 1220. The number of carbonyl (C=O) groups is 1. The van der Waals surface area contributed by atoms with E-state index in [4.69, 9.17) is 9.97 Å². The predicted molar refractivity (Wildman–Crippen MR) is 102 cm³/mol.